The fraction of sp³-hybridized carbons (Fsp3) is 0.333. The highest BCUT2D eigenvalue weighted by Gasteiger charge is 2.10. The van der Waals surface area contributed by atoms with E-state index in [4.69, 9.17) is 21.1 Å². The van der Waals surface area contributed by atoms with E-state index >= 15 is 0 Å². The number of ether oxygens (including phenoxy) is 2. The maximum Gasteiger partial charge on any atom is 0.119 e. The predicted molar refractivity (Wildman–Crippen MR) is 87.7 cm³/mol. The Labute approximate surface area is 131 Å². The summed E-state index contributed by atoms with van der Waals surface area (Å²) in [5.41, 5.74) is 2.54. The molecule has 0 fully saturated rings. The summed E-state index contributed by atoms with van der Waals surface area (Å²) in [4.78, 5) is 0. The van der Waals surface area contributed by atoms with Gasteiger partial charge in [0.15, 0.2) is 0 Å². The first-order valence-corrected chi connectivity index (χ1v) is 7.65. The van der Waals surface area contributed by atoms with Crippen molar-refractivity contribution in [2.24, 2.45) is 0 Å². The average molecular weight is 305 g/mol. The molecule has 0 bridgehead atoms. The van der Waals surface area contributed by atoms with Crippen LogP contribution in [0, 0.1) is 6.92 Å². The molecule has 2 rings (SSSR count). The van der Waals surface area contributed by atoms with Crippen molar-refractivity contribution in [1.29, 1.82) is 0 Å². The van der Waals surface area contributed by atoms with Gasteiger partial charge in [0.1, 0.15) is 11.5 Å². The second kappa shape index (κ2) is 7.94. The van der Waals surface area contributed by atoms with Gasteiger partial charge in [-0.1, -0.05) is 29.8 Å². The molecule has 2 nitrogen and oxygen atoms in total. The standard InChI is InChI=1S/C18H21ClO2/c1-14-4-3-5-15(12-14)16(13-19)10-11-21-18-8-6-17(20-2)7-9-18/h3-9,12,16H,10-11,13H2,1-2H3. The van der Waals surface area contributed by atoms with E-state index in [2.05, 4.69) is 31.2 Å². The van der Waals surface area contributed by atoms with Crippen LogP contribution in [-0.4, -0.2) is 19.6 Å². The summed E-state index contributed by atoms with van der Waals surface area (Å²) in [5, 5.41) is 0. The van der Waals surface area contributed by atoms with Crippen LogP contribution in [0.25, 0.3) is 0 Å². The van der Waals surface area contributed by atoms with Crippen LogP contribution in [0.2, 0.25) is 0 Å². The monoisotopic (exact) mass is 304 g/mol. The maximum atomic E-state index is 6.10. The van der Waals surface area contributed by atoms with Gasteiger partial charge in [0.25, 0.3) is 0 Å². The second-order valence-corrected chi connectivity index (χ2v) is 5.39. The molecule has 0 aliphatic carbocycles. The van der Waals surface area contributed by atoms with Gasteiger partial charge in [-0.05, 0) is 43.2 Å². The van der Waals surface area contributed by atoms with E-state index in [1.54, 1.807) is 7.11 Å². The summed E-state index contributed by atoms with van der Waals surface area (Å²) in [6.45, 7) is 2.75. The summed E-state index contributed by atoms with van der Waals surface area (Å²) in [6.07, 6.45) is 0.902. The van der Waals surface area contributed by atoms with Gasteiger partial charge < -0.3 is 9.47 Å². The van der Waals surface area contributed by atoms with Crippen molar-refractivity contribution in [3.63, 3.8) is 0 Å². The molecule has 0 radical (unpaired) electrons. The molecule has 0 aromatic heterocycles. The Morgan fingerprint density at radius 1 is 1.05 bits per heavy atom. The Balaban J connectivity index is 1.88. The van der Waals surface area contributed by atoms with Crippen molar-refractivity contribution >= 4 is 11.6 Å². The van der Waals surface area contributed by atoms with Crippen molar-refractivity contribution in [3.8, 4) is 11.5 Å². The molecule has 0 aliphatic rings. The van der Waals surface area contributed by atoms with E-state index in [1.165, 1.54) is 11.1 Å². The minimum absolute atomic E-state index is 0.324. The quantitative estimate of drug-likeness (QED) is 0.684. The number of alkyl halides is 1. The summed E-state index contributed by atoms with van der Waals surface area (Å²) in [7, 11) is 1.66. The highest BCUT2D eigenvalue weighted by Crippen LogP contribution is 2.23. The molecule has 0 aliphatic heterocycles. The first-order chi connectivity index (χ1) is 10.2. The first-order valence-electron chi connectivity index (χ1n) is 7.12. The van der Waals surface area contributed by atoms with Crippen molar-refractivity contribution in [2.75, 3.05) is 19.6 Å². The predicted octanol–water partition coefficient (Wildman–Crippen LogP) is 4.80. The molecule has 0 N–H and O–H groups in total. The molecule has 1 atom stereocenters. The first kappa shape index (κ1) is 15.7. The molecule has 0 spiro atoms. The van der Waals surface area contributed by atoms with Crippen molar-refractivity contribution in [2.45, 2.75) is 19.3 Å². The van der Waals surface area contributed by atoms with Gasteiger partial charge >= 0.3 is 0 Å². The number of aryl methyl sites for hydroxylation is 1. The molecule has 2 aromatic rings. The van der Waals surface area contributed by atoms with Gasteiger partial charge in [-0.25, -0.2) is 0 Å². The van der Waals surface area contributed by atoms with E-state index < -0.39 is 0 Å². The van der Waals surface area contributed by atoms with Gasteiger partial charge in [0.05, 0.1) is 13.7 Å². The van der Waals surface area contributed by atoms with E-state index in [0.29, 0.717) is 18.4 Å². The zero-order valence-electron chi connectivity index (χ0n) is 12.5. The van der Waals surface area contributed by atoms with Gasteiger partial charge in [0.2, 0.25) is 0 Å². The molecule has 0 saturated carbocycles. The number of benzene rings is 2. The van der Waals surface area contributed by atoms with Gasteiger partial charge in [-0.3, -0.25) is 0 Å². The van der Waals surface area contributed by atoms with Gasteiger partial charge in [-0.2, -0.15) is 0 Å². The normalized spacial score (nSPS) is 12.0. The third-order valence-electron chi connectivity index (χ3n) is 3.49. The Morgan fingerprint density at radius 2 is 1.76 bits per heavy atom. The minimum atomic E-state index is 0.324. The van der Waals surface area contributed by atoms with Crippen LogP contribution in [-0.2, 0) is 0 Å². The Hall–Kier alpha value is -1.67. The van der Waals surface area contributed by atoms with Crippen molar-refractivity contribution in [3.05, 3.63) is 59.7 Å². The topological polar surface area (TPSA) is 18.5 Å². The Kier molecular flexibility index (Phi) is 5.94. The Bertz CT molecular complexity index is 551. The summed E-state index contributed by atoms with van der Waals surface area (Å²) < 4.78 is 10.9. The molecular formula is C18H21ClO2. The molecule has 0 heterocycles. The largest absolute Gasteiger partial charge is 0.497 e. The lowest BCUT2D eigenvalue weighted by Crippen LogP contribution is -2.07. The molecule has 112 valence electrons. The molecule has 0 saturated heterocycles. The zero-order valence-corrected chi connectivity index (χ0v) is 13.3. The van der Waals surface area contributed by atoms with Crippen LogP contribution in [0.1, 0.15) is 23.5 Å². The van der Waals surface area contributed by atoms with E-state index in [9.17, 15) is 0 Å². The number of rotatable bonds is 7. The van der Waals surface area contributed by atoms with Crippen LogP contribution in [0.15, 0.2) is 48.5 Å². The molecule has 2 aromatic carbocycles. The smallest absolute Gasteiger partial charge is 0.119 e. The highest BCUT2D eigenvalue weighted by molar-refractivity contribution is 6.18. The third-order valence-corrected chi connectivity index (χ3v) is 3.87. The van der Waals surface area contributed by atoms with E-state index in [1.807, 2.05) is 24.3 Å². The molecule has 21 heavy (non-hydrogen) atoms. The van der Waals surface area contributed by atoms with Crippen LogP contribution in [0.5, 0.6) is 11.5 Å². The van der Waals surface area contributed by atoms with Gasteiger partial charge in [-0.15, -0.1) is 11.6 Å². The molecular weight excluding hydrogens is 284 g/mol. The lowest BCUT2D eigenvalue weighted by atomic mass is 9.96. The highest BCUT2D eigenvalue weighted by atomic mass is 35.5. The Morgan fingerprint density at radius 3 is 2.38 bits per heavy atom. The second-order valence-electron chi connectivity index (χ2n) is 5.08. The van der Waals surface area contributed by atoms with Crippen LogP contribution < -0.4 is 9.47 Å². The zero-order chi connectivity index (χ0) is 15.1. The van der Waals surface area contributed by atoms with Gasteiger partial charge in [0, 0.05) is 11.8 Å². The van der Waals surface area contributed by atoms with Crippen molar-refractivity contribution in [1.82, 2.24) is 0 Å². The van der Waals surface area contributed by atoms with Crippen LogP contribution >= 0.6 is 11.6 Å². The van der Waals surface area contributed by atoms with E-state index in [0.717, 1.165) is 17.9 Å². The number of halogens is 1. The number of hydrogen-bond acceptors (Lipinski definition) is 2. The summed E-state index contributed by atoms with van der Waals surface area (Å²) >= 11 is 6.10. The summed E-state index contributed by atoms with van der Waals surface area (Å²) in [6, 6.07) is 16.1. The molecule has 3 heteroatoms. The minimum Gasteiger partial charge on any atom is -0.497 e. The third kappa shape index (κ3) is 4.68. The molecule has 0 amide bonds. The lowest BCUT2D eigenvalue weighted by Gasteiger charge is -2.15. The lowest BCUT2D eigenvalue weighted by molar-refractivity contribution is 0.300. The maximum absolute atomic E-state index is 6.10. The average Bonchev–Trinajstić information content (AvgIpc) is 2.52. The van der Waals surface area contributed by atoms with Crippen molar-refractivity contribution < 1.29 is 9.47 Å². The SMILES string of the molecule is COc1ccc(OCCC(CCl)c2cccc(C)c2)cc1. The van der Waals surface area contributed by atoms with Crippen LogP contribution in [0.3, 0.4) is 0 Å². The number of methoxy groups -OCH3 is 1. The molecule has 1 unspecified atom stereocenters. The van der Waals surface area contributed by atoms with E-state index in [-0.39, 0.29) is 0 Å². The fourth-order valence-corrected chi connectivity index (χ4v) is 2.58. The van der Waals surface area contributed by atoms with Crippen LogP contribution in [0.4, 0.5) is 0 Å². The fourth-order valence-electron chi connectivity index (χ4n) is 2.25. The number of hydrogen-bond donors (Lipinski definition) is 0. The summed E-state index contributed by atoms with van der Waals surface area (Å²) in [5.74, 6) is 2.62.